The van der Waals surface area contributed by atoms with E-state index < -0.39 is 0 Å². The molecule has 0 aromatic heterocycles. The molecule has 4 nitrogen and oxygen atoms in total. The molecule has 4 heteroatoms. The Morgan fingerprint density at radius 1 is 1.25 bits per heavy atom. The van der Waals surface area contributed by atoms with Crippen LogP contribution in [-0.4, -0.2) is 36.8 Å². The van der Waals surface area contributed by atoms with Crippen LogP contribution in [0.5, 0.6) is 0 Å². The van der Waals surface area contributed by atoms with Gasteiger partial charge in [0.1, 0.15) is 0 Å². The Morgan fingerprint density at radius 2 is 1.92 bits per heavy atom. The van der Waals surface area contributed by atoms with Gasteiger partial charge in [0.25, 0.3) is 5.91 Å². The number of amides is 1. The van der Waals surface area contributed by atoms with Crippen molar-refractivity contribution in [1.82, 2.24) is 5.32 Å². The van der Waals surface area contributed by atoms with Crippen LogP contribution in [0.15, 0.2) is 24.3 Å². The summed E-state index contributed by atoms with van der Waals surface area (Å²) in [5.74, 6) is 0.0398. The fraction of sp³-hybridized carbons (Fsp3) is 0.650. The highest BCUT2D eigenvalue weighted by atomic mass is 16.3. The number of aliphatic hydroxyl groups excluding tert-OH is 1. The molecule has 0 radical (unpaired) electrons. The number of piperidine rings is 1. The first kappa shape index (κ1) is 17.3. The SMILES string of the molecule is CCCC1(CNC(=O)c2ccc(N3CCC(O)CC3)cc2)CCC1. The quantitative estimate of drug-likeness (QED) is 0.841. The van der Waals surface area contributed by atoms with E-state index in [2.05, 4.69) is 17.1 Å². The van der Waals surface area contributed by atoms with Gasteiger partial charge in [-0.25, -0.2) is 0 Å². The molecule has 1 aliphatic heterocycles. The Morgan fingerprint density at radius 3 is 2.46 bits per heavy atom. The van der Waals surface area contributed by atoms with Gasteiger partial charge in [0.15, 0.2) is 0 Å². The van der Waals surface area contributed by atoms with Crippen LogP contribution >= 0.6 is 0 Å². The Bertz CT molecular complexity index is 543. The topological polar surface area (TPSA) is 52.6 Å². The molecule has 132 valence electrons. The summed E-state index contributed by atoms with van der Waals surface area (Å²) in [6.07, 6.45) is 7.69. The van der Waals surface area contributed by atoms with Gasteiger partial charge in [-0.05, 0) is 61.8 Å². The van der Waals surface area contributed by atoms with E-state index in [0.717, 1.165) is 43.7 Å². The number of anilines is 1. The van der Waals surface area contributed by atoms with Gasteiger partial charge in [-0.3, -0.25) is 4.79 Å². The first-order valence-electron chi connectivity index (χ1n) is 9.43. The standard InChI is InChI=1S/C20H30N2O2/c1-2-10-20(11-3-12-20)15-21-19(24)16-4-6-17(7-5-16)22-13-8-18(23)9-14-22/h4-7,18,23H,2-3,8-15H2,1H3,(H,21,24). The number of benzene rings is 1. The van der Waals surface area contributed by atoms with E-state index in [-0.39, 0.29) is 12.0 Å². The molecular formula is C20H30N2O2. The Hall–Kier alpha value is -1.55. The zero-order valence-corrected chi connectivity index (χ0v) is 14.8. The maximum Gasteiger partial charge on any atom is 0.251 e. The lowest BCUT2D eigenvalue weighted by Crippen LogP contribution is -2.42. The summed E-state index contributed by atoms with van der Waals surface area (Å²) >= 11 is 0. The molecule has 0 unspecified atom stereocenters. The highest BCUT2D eigenvalue weighted by Gasteiger charge is 2.36. The third-order valence-corrected chi connectivity index (χ3v) is 5.78. The molecule has 1 aliphatic carbocycles. The van der Waals surface area contributed by atoms with Crippen LogP contribution in [0.2, 0.25) is 0 Å². The normalized spacial score (nSPS) is 20.5. The van der Waals surface area contributed by atoms with Crippen LogP contribution < -0.4 is 10.2 Å². The Kier molecular flexibility index (Phi) is 5.44. The molecule has 1 saturated heterocycles. The Balaban J connectivity index is 1.54. The molecule has 3 rings (SSSR count). The van der Waals surface area contributed by atoms with Crippen LogP contribution in [0.25, 0.3) is 0 Å². The predicted molar refractivity (Wildman–Crippen MR) is 97.4 cm³/mol. The maximum atomic E-state index is 12.4. The number of nitrogens with one attached hydrogen (secondary N) is 1. The second-order valence-corrected chi connectivity index (χ2v) is 7.55. The summed E-state index contributed by atoms with van der Waals surface area (Å²) in [5.41, 5.74) is 2.24. The van der Waals surface area contributed by atoms with E-state index in [0.29, 0.717) is 5.41 Å². The predicted octanol–water partition coefficient (Wildman–Crippen LogP) is 3.35. The van der Waals surface area contributed by atoms with E-state index in [1.807, 2.05) is 24.3 Å². The molecule has 2 fully saturated rings. The first-order valence-corrected chi connectivity index (χ1v) is 9.43. The smallest absolute Gasteiger partial charge is 0.251 e. The van der Waals surface area contributed by atoms with E-state index in [1.165, 1.54) is 32.1 Å². The van der Waals surface area contributed by atoms with Crippen molar-refractivity contribution in [2.24, 2.45) is 5.41 Å². The van der Waals surface area contributed by atoms with Crippen molar-refractivity contribution in [1.29, 1.82) is 0 Å². The minimum atomic E-state index is -0.159. The molecule has 1 amide bonds. The van der Waals surface area contributed by atoms with Crippen LogP contribution in [0.1, 0.15) is 62.2 Å². The fourth-order valence-electron chi connectivity index (χ4n) is 4.04. The lowest BCUT2D eigenvalue weighted by molar-refractivity contribution is 0.0832. The average molecular weight is 330 g/mol. The number of carbonyl (C=O) groups excluding carboxylic acids is 1. The van der Waals surface area contributed by atoms with Crippen molar-refractivity contribution in [3.63, 3.8) is 0 Å². The highest BCUT2D eigenvalue weighted by Crippen LogP contribution is 2.44. The molecule has 1 aromatic carbocycles. The average Bonchev–Trinajstić information content (AvgIpc) is 2.58. The van der Waals surface area contributed by atoms with Crippen molar-refractivity contribution in [3.05, 3.63) is 29.8 Å². The van der Waals surface area contributed by atoms with Gasteiger partial charge in [-0.1, -0.05) is 19.8 Å². The van der Waals surface area contributed by atoms with Crippen molar-refractivity contribution >= 4 is 11.6 Å². The van der Waals surface area contributed by atoms with Crippen LogP contribution in [0.4, 0.5) is 5.69 Å². The molecule has 2 aliphatic rings. The number of rotatable bonds is 6. The summed E-state index contributed by atoms with van der Waals surface area (Å²) in [6.45, 7) is 4.80. The lowest BCUT2D eigenvalue weighted by atomic mass is 9.66. The molecular weight excluding hydrogens is 300 g/mol. The largest absolute Gasteiger partial charge is 0.393 e. The van der Waals surface area contributed by atoms with Crippen molar-refractivity contribution in [3.8, 4) is 0 Å². The van der Waals surface area contributed by atoms with E-state index >= 15 is 0 Å². The second-order valence-electron chi connectivity index (χ2n) is 7.55. The first-order chi connectivity index (χ1) is 11.6. The molecule has 0 spiro atoms. The molecule has 1 aromatic rings. The number of nitrogens with zero attached hydrogens (tertiary/aromatic N) is 1. The van der Waals surface area contributed by atoms with Crippen LogP contribution in [0.3, 0.4) is 0 Å². The molecule has 2 N–H and O–H groups in total. The van der Waals surface area contributed by atoms with Crippen molar-refractivity contribution in [2.45, 2.75) is 58.0 Å². The molecule has 24 heavy (non-hydrogen) atoms. The van der Waals surface area contributed by atoms with E-state index in [9.17, 15) is 9.90 Å². The van der Waals surface area contributed by atoms with Gasteiger partial charge in [0.2, 0.25) is 0 Å². The van der Waals surface area contributed by atoms with Gasteiger partial charge < -0.3 is 15.3 Å². The van der Waals surface area contributed by atoms with E-state index in [1.54, 1.807) is 0 Å². The lowest BCUT2D eigenvalue weighted by Gasteiger charge is -2.42. The molecule has 1 heterocycles. The van der Waals surface area contributed by atoms with Crippen LogP contribution in [0, 0.1) is 5.41 Å². The summed E-state index contributed by atoms with van der Waals surface area (Å²) in [6, 6.07) is 7.89. The van der Waals surface area contributed by atoms with Gasteiger partial charge in [0, 0.05) is 30.9 Å². The minimum Gasteiger partial charge on any atom is -0.393 e. The summed E-state index contributed by atoms with van der Waals surface area (Å²) in [7, 11) is 0. The van der Waals surface area contributed by atoms with Crippen LogP contribution in [-0.2, 0) is 0 Å². The molecule has 1 saturated carbocycles. The summed E-state index contributed by atoms with van der Waals surface area (Å²) in [5, 5.41) is 12.7. The number of aliphatic hydroxyl groups is 1. The van der Waals surface area contributed by atoms with E-state index in [4.69, 9.17) is 0 Å². The maximum absolute atomic E-state index is 12.4. The zero-order valence-electron chi connectivity index (χ0n) is 14.8. The van der Waals surface area contributed by atoms with Gasteiger partial charge in [-0.2, -0.15) is 0 Å². The summed E-state index contributed by atoms with van der Waals surface area (Å²) < 4.78 is 0. The third-order valence-electron chi connectivity index (χ3n) is 5.78. The summed E-state index contributed by atoms with van der Waals surface area (Å²) in [4.78, 5) is 14.7. The number of hydrogen-bond acceptors (Lipinski definition) is 3. The minimum absolute atomic E-state index is 0.0398. The number of hydrogen-bond donors (Lipinski definition) is 2. The molecule has 0 bridgehead atoms. The third kappa shape index (κ3) is 3.92. The highest BCUT2D eigenvalue weighted by molar-refractivity contribution is 5.94. The fourth-order valence-corrected chi connectivity index (χ4v) is 4.04. The number of carbonyl (C=O) groups is 1. The molecule has 0 atom stereocenters. The van der Waals surface area contributed by atoms with Gasteiger partial charge in [-0.15, -0.1) is 0 Å². The Labute approximate surface area is 145 Å². The zero-order chi connectivity index (χ0) is 17.0. The van der Waals surface area contributed by atoms with Crippen molar-refractivity contribution in [2.75, 3.05) is 24.5 Å². The monoisotopic (exact) mass is 330 g/mol. The van der Waals surface area contributed by atoms with Gasteiger partial charge >= 0.3 is 0 Å². The van der Waals surface area contributed by atoms with Gasteiger partial charge in [0.05, 0.1) is 6.10 Å². The second kappa shape index (κ2) is 7.56. The van der Waals surface area contributed by atoms with Crippen molar-refractivity contribution < 1.29 is 9.90 Å².